The molecule has 22 heteroatoms. The maximum Gasteiger partial charge on any atom is 0.416 e. The number of benzene rings is 2. The summed E-state index contributed by atoms with van der Waals surface area (Å²) in [6, 6.07) is 0.947. The first-order chi connectivity index (χ1) is 37.0. The van der Waals surface area contributed by atoms with Crippen LogP contribution in [-0.4, -0.2) is 197 Å². The fourth-order valence-corrected chi connectivity index (χ4v) is 10.3. The van der Waals surface area contributed by atoms with Crippen molar-refractivity contribution < 1.29 is 61.4 Å². The third-order valence-electron chi connectivity index (χ3n) is 14.8. The molecular formula is C57H84F3N9O10. The van der Waals surface area contributed by atoms with E-state index in [9.17, 15) is 51.8 Å². The molecule has 4 rings (SSSR count). The number of rotatable bonds is 13. The van der Waals surface area contributed by atoms with Gasteiger partial charge < -0.3 is 50.4 Å². The normalized spacial score (nSPS) is 25.4. The topological polar surface area (TPSA) is 229 Å². The Kier molecular flexibility index (Phi) is 24.0. The molecule has 0 bridgehead atoms. The Bertz CT molecular complexity index is 2420. The average Bonchev–Trinajstić information content (AvgIpc) is 3.42. The van der Waals surface area contributed by atoms with Gasteiger partial charge in [0.2, 0.25) is 47.3 Å². The Morgan fingerprint density at radius 2 is 1.14 bits per heavy atom. The number of aliphatic hydroxyl groups excluding tert-OH is 1. The van der Waals surface area contributed by atoms with Gasteiger partial charge in [-0.25, -0.2) is 0 Å². The second-order valence-corrected chi connectivity index (χ2v) is 22.6. The highest BCUT2D eigenvalue weighted by atomic mass is 19.4. The summed E-state index contributed by atoms with van der Waals surface area (Å²) in [4.78, 5) is 139. The lowest BCUT2D eigenvalue weighted by Gasteiger charge is -2.43. The summed E-state index contributed by atoms with van der Waals surface area (Å²) in [6.45, 7) is 12.1. The van der Waals surface area contributed by atoms with Crippen LogP contribution in [0.15, 0.2) is 54.6 Å². The molecule has 2 aliphatic heterocycles. The molecule has 0 aliphatic carbocycles. The number of carbonyl (C=O) groups is 9. The van der Waals surface area contributed by atoms with Crippen LogP contribution < -0.4 is 16.0 Å². The van der Waals surface area contributed by atoms with Gasteiger partial charge in [-0.15, -0.1) is 0 Å². The van der Waals surface area contributed by atoms with E-state index in [2.05, 4.69) is 16.0 Å². The zero-order valence-corrected chi connectivity index (χ0v) is 47.9. The van der Waals surface area contributed by atoms with E-state index in [1.165, 1.54) is 64.1 Å². The Morgan fingerprint density at radius 1 is 0.620 bits per heavy atom. The molecule has 0 aromatic heterocycles. The van der Waals surface area contributed by atoms with Crippen molar-refractivity contribution in [1.82, 2.24) is 45.3 Å². The molecule has 2 saturated heterocycles. The van der Waals surface area contributed by atoms with Gasteiger partial charge >= 0.3 is 6.18 Å². The number of halogens is 3. The summed E-state index contributed by atoms with van der Waals surface area (Å²) in [5, 5.41) is 19.4. The molecule has 2 aromatic rings. The number of nitrogens with zero attached hydrogens (tertiary/aromatic N) is 6. The smallest absolute Gasteiger partial charge is 0.391 e. The van der Waals surface area contributed by atoms with Gasteiger partial charge in [-0.05, 0) is 93.5 Å². The number of aldehydes is 1. The average molecular weight is 1110 g/mol. The van der Waals surface area contributed by atoms with Crippen LogP contribution in [0.4, 0.5) is 13.2 Å². The number of hydrogen-bond acceptors (Lipinski definition) is 11. The van der Waals surface area contributed by atoms with Crippen molar-refractivity contribution in [3.05, 3.63) is 71.3 Å². The predicted octanol–water partition coefficient (Wildman–Crippen LogP) is 3.30. The molecule has 0 saturated carbocycles. The van der Waals surface area contributed by atoms with Crippen LogP contribution in [-0.2, 0) is 62.2 Å². The fraction of sp³-hybridized carbons (Fsp3) is 0.632. The van der Waals surface area contributed by atoms with Gasteiger partial charge in [0.1, 0.15) is 42.5 Å². The number of aliphatic hydroxyl groups is 1. The van der Waals surface area contributed by atoms with Crippen molar-refractivity contribution in [1.29, 1.82) is 0 Å². The maximum atomic E-state index is 15.1. The van der Waals surface area contributed by atoms with Gasteiger partial charge in [-0.2, -0.15) is 13.2 Å². The Balaban J connectivity index is 1.97. The summed E-state index contributed by atoms with van der Waals surface area (Å²) in [5.74, 6) is -7.04. The van der Waals surface area contributed by atoms with E-state index in [1.54, 1.807) is 58.0 Å². The highest BCUT2D eigenvalue weighted by molar-refractivity contribution is 5.98. The number of likely N-dealkylation sites (tertiary alicyclic amines) is 1. The summed E-state index contributed by atoms with van der Waals surface area (Å²) < 4.78 is 41.2. The molecule has 2 heterocycles. The van der Waals surface area contributed by atoms with Gasteiger partial charge in [0.05, 0.1) is 30.3 Å². The first-order valence-electron chi connectivity index (χ1n) is 27.3. The van der Waals surface area contributed by atoms with E-state index in [1.807, 2.05) is 13.8 Å². The van der Waals surface area contributed by atoms with Gasteiger partial charge in [-0.3, -0.25) is 43.3 Å². The van der Waals surface area contributed by atoms with E-state index in [4.69, 9.17) is 0 Å². The van der Waals surface area contributed by atoms with Crippen molar-refractivity contribution in [2.75, 3.05) is 54.9 Å². The second kappa shape index (κ2) is 29.2. The zero-order chi connectivity index (χ0) is 59.2. The standard InChI is InChI=1S/C57H84F3N9O10/c1-34(2)27-43-51(74)63-48(37(7)71)55(78)68(12)49(56(79)69-25-17-14-18-26-69)46(33-70)65(9)44(28-35(3)4)53(76)64(8)32-47(72)61-41(30-38-19-15-13-16-20-38)50(73)62-42(31-39-21-23-40(24-22-39)57(58,59)60)52(75)67(11)45(29-36(5)6)54(77)66(43)10/h13,15-16,19-24,33-37,41-46,48-49,71H,14,17-18,25-32H2,1-12H3,(H,61,72)(H,62,73)(H,63,74)/t37-,41?,42+,43+,44-,45+,46?,48+,49+/m1/s1. The van der Waals surface area contributed by atoms with Crippen molar-refractivity contribution in [3.63, 3.8) is 0 Å². The molecule has 2 fully saturated rings. The molecule has 2 aromatic carbocycles. The van der Waals surface area contributed by atoms with E-state index < -0.39 is 120 Å². The van der Waals surface area contributed by atoms with Crippen LogP contribution in [0.2, 0.25) is 0 Å². The van der Waals surface area contributed by atoms with Gasteiger partial charge in [0, 0.05) is 54.1 Å². The van der Waals surface area contributed by atoms with E-state index in [0.717, 1.165) is 38.2 Å². The van der Waals surface area contributed by atoms with Crippen LogP contribution in [0.3, 0.4) is 0 Å². The number of nitrogens with one attached hydrogen (secondary N) is 3. The van der Waals surface area contributed by atoms with Crippen molar-refractivity contribution >= 4 is 53.5 Å². The SMILES string of the molecule is CC(C)C[C@@H]1C(=O)N(C)CC(=O)NC(Cc2ccccc2)C(=O)N[C@@H](Cc2ccc(C(F)(F)F)cc2)C(=O)N(C)[C@@H](CC(C)C)C(=O)N(C)[C@@H](CC(C)C)C(=O)N[C@@H]([C@@H](C)O)C(=O)N(C)[C@H](C(=O)N2CCCCC2)C(C=O)N1C. The molecule has 2 aliphatic rings. The van der Waals surface area contributed by atoms with Crippen LogP contribution in [0, 0.1) is 17.8 Å². The molecule has 0 spiro atoms. The molecular weight excluding hydrogens is 1030 g/mol. The largest absolute Gasteiger partial charge is 0.416 e. The molecule has 2 unspecified atom stereocenters. The lowest BCUT2D eigenvalue weighted by molar-refractivity contribution is -0.154. The number of alkyl halides is 3. The third kappa shape index (κ3) is 17.8. The van der Waals surface area contributed by atoms with E-state index >= 15 is 9.59 Å². The minimum absolute atomic E-state index is 0.0195. The fourth-order valence-electron chi connectivity index (χ4n) is 10.3. The molecule has 9 atom stereocenters. The number of carbonyl (C=O) groups excluding carboxylic acids is 9. The lowest BCUT2D eigenvalue weighted by Crippen LogP contribution is -2.66. The maximum absolute atomic E-state index is 15.1. The van der Waals surface area contributed by atoms with Gasteiger partial charge in [0.15, 0.2) is 0 Å². The molecule has 79 heavy (non-hydrogen) atoms. The first kappa shape index (κ1) is 65.1. The van der Waals surface area contributed by atoms with Crippen molar-refractivity contribution in [2.45, 2.75) is 160 Å². The minimum Gasteiger partial charge on any atom is -0.391 e. The lowest BCUT2D eigenvalue weighted by atomic mass is 9.95. The van der Waals surface area contributed by atoms with Crippen LogP contribution in [0.1, 0.15) is 104 Å². The minimum atomic E-state index is -4.68. The Hall–Kier alpha value is -6.42. The highest BCUT2D eigenvalue weighted by Gasteiger charge is 2.46. The number of amides is 8. The number of hydrogen-bond donors (Lipinski definition) is 4. The van der Waals surface area contributed by atoms with E-state index in [0.29, 0.717) is 37.8 Å². The molecule has 438 valence electrons. The van der Waals surface area contributed by atoms with Crippen LogP contribution in [0.25, 0.3) is 0 Å². The van der Waals surface area contributed by atoms with Gasteiger partial charge in [-0.1, -0.05) is 84.0 Å². The van der Waals surface area contributed by atoms with Crippen molar-refractivity contribution in [2.24, 2.45) is 17.8 Å². The predicted molar refractivity (Wildman–Crippen MR) is 290 cm³/mol. The van der Waals surface area contributed by atoms with Crippen LogP contribution >= 0.6 is 0 Å². The van der Waals surface area contributed by atoms with E-state index in [-0.39, 0.29) is 55.4 Å². The zero-order valence-electron chi connectivity index (χ0n) is 47.9. The summed E-state index contributed by atoms with van der Waals surface area (Å²) in [5.41, 5.74) is -0.155. The Morgan fingerprint density at radius 3 is 1.67 bits per heavy atom. The highest BCUT2D eigenvalue weighted by Crippen LogP contribution is 2.30. The Labute approximate surface area is 463 Å². The molecule has 0 radical (unpaired) electrons. The molecule has 4 N–H and O–H groups in total. The molecule has 8 amide bonds. The second-order valence-electron chi connectivity index (χ2n) is 22.6. The van der Waals surface area contributed by atoms with Gasteiger partial charge in [0.25, 0.3) is 0 Å². The quantitative estimate of drug-likeness (QED) is 0.213. The number of likely N-dealkylation sites (N-methyl/N-ethyl adjacent to an activating group) is 5. The molecule has 19 nitrogen and oxygen atoms in total. The summed E-state index contributed by atoms with van der Waals surface area (Å²) in [7, 11) is 6.78. The summed E-state index contributed by atoms with van der Waals surface area (Å²) >= 11 is 0. The number of piperidine rings is 1. The third-order valence-corrected chi connectivity index (χ3v) is 14.8. The van der Waals surface area contributed by atoms with Crippen LogP contribution in [0.5, 0.6) is 0 Å². The summed E-state index contributed by atoms with van der Waals surface area (Å²) in [6.07, 6.45) is -4.03. The monoisotopic (exact) mass is 1110 g/mol. The first-order valence-corrected chi connectivity index (χ1v) is 27.3. The van der Waals surface area contributed by atoms with Crippen molar-refractivity contribution in [3.8, 4) is 0 Å².